The van der Waals surface area contributed by atoms with Crippen molar-refractivity contribution in [3.05, 3.63) is 92.9 Å². The number of cyclic esters (lactones) is 1. The van der Waals surface area contributed by atoms with Gasteiger partial charge in [-0.3, -0.25) is 0 Å². The van der Waals surface area contributed by atoms with Crippen molar-refractivity contribution in [3.8, 4) is 0 Å². The Balaban J connectivity index is 1.85. The Bertz CT molecular complexity index is 1060. The van der Waals surface area contributed by atoms with Crippen LogP contribution in [-0.4, -0.2) is 13.1 Å². The molecule has 0 unspecified atom stereocenters. The summed E-state index contributed by atoms with van der Waals surface area (Å²) in [4.78, 5) is 12.5. The molecule has 0 atom stereocenters. The van der Waals surface area contributed by atoms with E-state index in [1.165, 1.54) is 0 Å². The summed E-state index contributed by atoms with van der Waals surface area (Å²) >= 11 is 2.23. The first-order chi connectivity index (χ1) is 12.7. The van der Waals surface area contributed by atoms with Crippen LogP contribution < -0.4 is 0 Å². The van der Waals surface area contributed by atoms with Gasteiger partial charge in [-0.05, 0) is 62.7 Å². The standard InChI is InChI=1S/C22H15IO3/c1-25-21-19(13-16-7-4-6-14-5-2-3-8-18(14)16)26-22(24)20(21)15-9-11-17(23)12-10-15/h2-13H,1H3/b19-13-. The van der Waals surface area contributed by atoms with Crippen molar-refractivity contribution in [1.29, 1.82) is 0 Å². The molecule has 1 heterocycles. The highest BCUT2D eigenvalue weighted by Gasteiger charge is 2.32. The third kappa shape index (κ3) is 3.01. The molecule has 26 heavy (non-hydrogen) atoms. The van der Waals surface area contributed by atoms with Gasteiger partial charge in [0.25, 0.3) is 0 Å². The fraction of sp³-hybridized carbons (Fsp3) is 0.0455. The lowest BCUT2D eigenvalue weighted by molar-refractivity contribution is -0.131. The molecule has 3 aromatic rings. The van der Waals surface area contributed by atoms with Crippen LogP contribution in [0.3, 0.4) is 0 Å². The number of esters is 1. The highest BCUT2D eigenvalue weighted by Crippen LogP contribution is 2.35. The van der Waals surface area contributed by atoms with Crippen LogP contribution in [0.1, 0.15) is 11.1 Å². The van der Waals surface area contributed by atoms with Gasteiger partial charge in [-0.15, -0.1) is 0 Å². The fourth-order valence-electron chi connectivity index (χ4n) is 3.09. The van der Waals surface area contributed by atoms with Crippen molar-refractivity contribution in [2.45, 2.75) is 0 Å². The van der Waals surface area contributed by atoms with Crippen LogP contribution in [-0.2, 0) is 14.3 Å². The first kappa shape index (κ1) is 16.8. The van der Waals surface area contributed by atoms with E-state index in [0.717, 1.165) is 25.5 Å². The van der Waals surface area contributed by atoms with E-state index < -0.39 is 5.97 Å². The van der Waals surface area contributed by atoms with Crippen molar-refractivity contribution in [3.63, 3.8) is 0 Å². The second kappa shape index (κ2) is 6.96. The monoisotopic (exact) mass is 454 g/mol. The SMILES string of the molecule is COC1=C(c2ccc(I)cc2)C(=O)O/C1=C\c1cccc2ccccc12. The number of carbonyl (C=O) groups excluding carboxylic acids is 1. The van der Waals surface area contributed by atoms with Crippen LogP contribution in [0.2, 0.25) is 0 Å². The maximum atomic E-state index is 12.5. The van der Waals surface area contributed by atoms with Crippen molar-refractivity contribution in [1.82, 2.24) is 0 Å². The first-order valence-corrected chi connectivity index (χ1v) is 9.21. The molecule has 1 aliphatic rings. The third-order valence-corrected chi connectivity index (χ3v) is 5.02. The molecule has 0 saturated heterocycles. The summed E-state index contributed by atoms with van der Waals surface area (Å²) in [5.41, 5.74) is 2.22. The van der Waals surface area contributed by atoms with Gasteiger partial charge in [0.1, 0.15) is 5.57 Å². The number of carbonyl (C=O) groups is 1. The second-order valence-electron chi connectivity index (χ2n) is 5.88. The van der Waals surface area contributed by atoms with Gasteiger partial charge in [-0.2, -0.15) is 0 Å². The number of halogens is 1. The Morgan fingerprint density at radius 1 is 0.962 bits per heavy atom. The number of methoxy groups -OCH3 is 1. The van der Waals surface area contributed by atoms with Gasteiger partial charge < -0.3 is 9.47 Å². The van der Waals surface area contributed by atoms with E-state index in [1.54, 1.807) is 7.11 Å². The molecule has 0 spiro atoms. The molecule has 0 amide bonds. The maximum Gasteiger partial charge on any atom is 0.348 e. The van der Waals surface area contributed by atoms with Gasteiger partial charge in [0.15, 0.2) is 11.5 Å². The van der Waals surface area contributed by atoms with Crippen molar-refractivity contribution in [2.75, 3.05) is 7.11 Å². The summed E-state index contributed by atoms with van der Waals surface area (Å²) in [6.07, 6.45) is 1.86. The number of hydrogen-bond acceptors (Lipinski definition) is 3. The van der Waals surface area contributed by atoms with E-state index in [1.807, 2.05) is 54.6 Å². The molecule has 3 nitrogen and oxygen atoms in total. The maximum absolute atomic E-state index is 12.5. The molecule has 0 N–H and O–H groups in total. The third-order valence-electron chi connectivity index (χ3n) is 4.30. The molecule has 1 aliphatic heterocycles. The number of benzene rings is 3. The minimum atomic E-state index is -0.394. The van der Waals surface area contributed by atoms with Gasteiger partial charge in [-0.25, -0.2) is 4.79 Å². The van der Waals surface area contributed by atoms with Gasteiger partial charge in [0, 0.05) is 3.57 Å². The molecular weight excluding hydrogens is 439 g/mol. The van der Waals surface area contributed by atoms with E-state index in [4.69, 9.17) is 9.47 Å². The number of rotatable bonds is 3. The highest BCUT2D eigenvalue weighted by atomic mass is 127. The van der Waals surface area contributed by atoms with Gasteiger partial charge in [0.05, 0.1) is 7.11 Å². The molecule has 0 aromatic heterocycles. The summed E-state index contributed by atoms with van der Waals surface area (Å²) in [7, 11) is 1.56. The quantitative estimate of drug-likeness (QED) is 0.393. The largest absolute Gasteiger partial charge is 0.492 e. The number of fused-ring (bicyclic) bond motifs is 1. The van der Waals surface area contributed by atoms with Crippen LogP contribution in [0, 0.1) is 3.57 Å². The molecule has 0 saturated carbocycles. The Morgan fingerprint density at radius 3 is 2.46 bits per heavy atom. The second-order valence-corrected chi connectivity index (χ2v) is 7.13. The molecular formula is C22H15IO3. The number of hydrogen-bond donors (Lipinski definition) is 0. The molecule has 4 rings (SSSR count). The Kier molecular flexibility index (Phi) is 4.51. The normalized spacial score (nSPS) is 15.6. The van der Waals surface area contributed by atoms with Crippen molar-refractivity contribution < 1.29 is 14.3 Å². The average Bonchev–Trinajstić information content (AvgIpc) is 2.98. The lowest BCUT2D eigenvalue weighted by atomic mass is 10.0. The Labute approximate surface area is 165 Å². The lowest BCUT2D eigenvalue weighted by Crippen LogP contribution is -1.98. The molecule has 3 aromatic carbocycles. The van der Waals surface area contributed by atoms with E-state index >= 15 is 0 Å². The minimum absolute atomic E-state index is 0.394. The van der Waals surface area contributed by atoms with Gasteiger partial charge >= 0.3 is 5.97 Å². The zero-order chi connectivity index (χ0) is 18.1. The van der Waals surface area contributed by atoms with Crippen molar-refractivity contribution >= 4 is 51.0 Å². The summed E-state index contributed by atoms with van der Waals surface area (Å²) < 4.78 is 12.2. The molecule has 128 valence electrons. The predicted octanol–water partition coefficient (Wildman–Crippen LogP) is 5.40. The van der Waals surface area contributed by atoms with Crippen LogP contribution in [0.15, 0.2) is 78.2 Å². The Hall–Kier alpha value is -2.60. The smallest absolute Gasteiger partial charge is 0.348 e. The van der Waals surface area contributed by atoms with Crippen LogP contribution in [0.25, 0.3) is 22.4 Å². The Morgan fingerprint density at radius 2 is 1.69 bits per heavy atom. The van der Waals surface area contributed by atoms with Crippen LogP contribution in [0.4, 0.5) is 0 Å². The number of ether oxygens (including phenoxy) is 2. The molecule has 0 fully saturated rings. The summed E-state index contributed by atoms with van der Waals surface area (Å²) in [6, 6.07) is 21.9. The topological polar surface area (TPSA) is 35.5 Å². The zero-order valence-corrected chi connectivity index (χ0v) is 16.2. The minimum Gasteiger partial charge on any atom is -0.492 e. The average molecular weight is 454 g/mol. The summed E-state index contributed by atoms with van der Waals surface area (Å²) in [5.74, 6) is 0.501. The van der Waals surface area contributed by atoms with Gasteiger partial charge in [0.2, 0.25) is 0 Å². The lowest BCUT2D eigenvalue weighted by Gasteiger charge is -2.06. The predicted molar refractivity (Wildman–Crippen MR) is 111 cm³/mol. The fourth-order valence-corrected chi connectivity index (χ4v) is 3.45. The molecule has 4 heteroatoms. The zero-order valence-electron chi connectivity index (χ0n) is 14.0. The van der Waals surface area contributed by atoms with E-state index in [0.29, 0.717) is 17.1 Å². The van der Waals surface area contributed by atoms with Crippen molar-refractivity contribution in [2.24, 2.45) is 0 Å². The van der Waals surface area contributed by atoms with Crippen LogP contribution in [0.5, 0.6) is 0 Å². The molecule has 0 bridgehead atoms. The highest BCUT2D eigenvalue weighted by molar-refractivity contribution is 14.1. The van der Waals surface area contributed by atoms with E-state index in [-0.39, 0.29) is 0 Å². The first-order valence-electron chi connectivity index (χ1n) is 8.13. The van der Waals surface area contributed by atoms with E-state index in [2.05, 4.69) is 40.8 Å². The van der Waals surface area contributed by atoms with Crippen LogP contribution >= 0.6 is 22.6 Å². The molecule has 0 radical (unpaired) electrons. The van der Waals surface area contributed by atoms with Gasteiger partial charge in [-0.1, -0.05) is 54.6 Å². The summed E-state index contributed by atoms with van der Waals surface area (Å²) in [5, 5.41) is 2.23. The summed E-state index contributed by atoms with van der Waals surface area (Å²) in [6.45, 7) is 0. The van der Waals surface area contributed by atoms with E-state index in [9.17, 15) is 4.79 Å². The molecule has 0 aliphatic carbocycles.